The van der Waals surface area contributed by atoms with Crippen molar-refractivity contribution in [1.82, 2.24) is 0 Å². The van der Waals surface area contributed by atoms with Crippen LogP contribution < -0.4 is 16.4 Å². The summed E-state index contributed by atoms with van der Waals surface area (Å²) in [7, 11) is 0. The van der Waals surface area contributed by atoms with Crippen LogP contribution in [0, 0.1) is 6.92 Å². The van der Waals surface area contributed by atoms with E-state index in [1.54, 1.807) is 0 Å². The summed E-state index contributed by atoms with van der Waals surface area (Å²) in [6.45, 7) is 3.93. The van der Waals surface area contributed by atoms with Crippen LogP contribution in [0.15, 0.2) is 18.2 Å². The standard InChI is InChI=1S/C14H21N3O/c1-10-4-5-13-11(9-10)3-2-7-17(13)8-6-12(15)14(16)18/h4-5,9,12H,2-3,6-8,15H2,1H3,(H2,16,18). The normalized spacial score (nSPS) is 16.2. The van der Waals surface area contributed by atoms with Crippen molar-refractivity contribution in [3.63, 3.8) is 0 Å². The smallest absolute Gasteiger partial charge is 0.234 e. The minimum atomic E-state index is -0.541. The number of aryl methyl sites for hydroxylation is 2. The molecule has 0 bridgehead atoms. The molecule has 0 aromatic heterocycles. The number of carbonyl (C=O) groups excluding carboxylic acids is 1. The summed E-state index contributed by atoms with van der Waals surface area (Å²) >= 11 is 0. The molecule has 1 unspecified atom stereocenters. The Morgan fingerprint density at radius 3 is 3.00 bits per heavy atom. The third-order valence-corrected chi connectivity index (χ3v) is 3.53. The maximum atomic E-state index is 10.9. The average molecular weight is 247 g/mol. The Labute approximate surface area is 108 Å². The first kappa shape index (κ1) is 12.9. The van der Waals surface area contributed by atoms with Gasteiger partial charge in [0.1, 0.15) is 0 Å². The molecule has 0 spiro atoms. The quantitative estimate of drug-likeness (QED) is 0.832. The maximum absolute atomic E-state index is 10.9. The Kier molecular flexibility index (Phi) is 3.87. The van der Waals surface area contributed by atoms with E-state index in [1.165, 1.54) is 16.8 Å². The van der Waals surface area contributed by atoms with Gasteiger partial charge in [0.2, 0.25) is 5.91 Å². The van der Waals surface area contributed by atoms with Gasteiger partial charge in [0.25, 0.3) is 0 Å². The molecule has 1 aliphatic rings. The van der Waals surface area contributed by atoms with Crippen LogP contribution in [-0.4, -0.2) is 25.0 Å². The average Bonchev–Trinajstić information content (AvgIpc) is 2.35. The van der Waals surface area contributed by atoms with Crippen LogP contribution >= 0.6 is 0 Å². The van der Waals surface area contributed by atoms with Crippen molar-refractivity contribution in [2.24, 2.45) is 11.5 Å². The second kappa shape index (κ2) is 5.40. The summed E-state index contributed by atoms with van der Waals surface area (Å²) < 4.78 is 0. The van der Waals surface area contributed by atoms with E-state index >= 15 is 0 Å². The van der Waals surface area contributed by atoms with Gasteiger partial charge in [0, 0.05) is 18.8 Å². The number of rotatable bonds is 4. The van der Waals surface area contributed by atoms with E-state index in [-0.39, 0.29) is 0 Å². The molecular weight excluding hydrogens is 226 g/mol. The minimum absolute atomic E-state index is 0.420. The lowest BCUT2D eigenvalue weighted by Gasteiger charge is -2.32. The van der Waals surface area contributed by atoms with E-state index in [4.69, 9.17) is 11.5 Å². The third kappa shape index (κ3) is 2.82. The summed E-state index contributed by atoms with van der Waals surface area (Å²) in [6.07, 6.45) is 2.90. The number of hydrogen-bond acceptors (Lipinski definition) is 3. The predicted octanol–water partition coefficient (Wildman–Crippen LogP) is 0.950. The zero-order chi connectivity index (χ0) is 13.1. The van der Waals surface area contributed by atoms with Gasteiger partial charge in [-0.25, -0.2) is 0 Å². The zero-order valence-corrected chi connectivity index (χ0v) is 10.9. The molecule has 98 valence electrons. The van der Waals surface area contributed by atoms with Crippen molar-refractivity contribution < 1.29 is 4.79 Å². The fraction of sp³-hybridized carbons (Fsp3) is 0.500. The molecule has 4 nitrogen and oxygen atoms in total. The van der Waals surface area contributed by atoms with E-state index < -0.39 is 11.9 Å². The zero-order valence-electron chi connectivity index (χ0n) is 10.9. The highest BCUT2D eigenvalue weighted by Crippen LogP contribution is 2.27. The summed E-state index contributed by atoms with van der Waals surface area (Å²) in [4.78, 5) is 13.2. The number of amides is 1. The van der Waals surface area contributed by atoms with Gasteiger partial charge in [0.15, 0.2) is 0 Å². The van der Waals surface area contributed by atoms with Crippen LogP contribution in [0.1, 0.15) is 24.0 Å². The van der Waals surface area contributed by atoms with Crippen LogP contribution in [0.5, 0.6) is 0 Å². The van der Waals surface area contributed by atoms with Crippen LogP contribution in [0.3, 0.4) is 0 Å². The topological polar surface area (TPSA) is 72.3 Å². The Morgan fingerprint density at radius 1 is 1.50 bits per heavy atom. The molecule has 1 aliphatic heterocycles. The van der Waals surface area contributed by atoms with Crippen molar-refractivity contribution in [3.05, 3.63) is 29.3 Å². The highest BCUT2D eigenvalue weighted by molar-refractivity contribution is 5.79. The Balaban J connectivity index is 2.06. The number of anilines is 1. The van der Waals surface area contributed by atoms with Crippen LogP contribution in [0.4, 0.5) is 5.69 Å². The van der Waals surface area contributed by atoms with Gasteiger partial charge >= 0.3 is 0 Å². The molecule has 4 heteroatoms. The first-order valence-electron chi connectivity index (χ1n) is 6.47. The molecule has 1 heterocycles. The summed E-state index contributed by atoms with van der Waals surface area (Å²) in [5.74, 6) is -0.420. The number of nitrogens with zero attached hydrogens (tertiary/aromatic N) is 1. The van der Waals surface area contributed by atoms with Crippen molar-refractivity contribution in [1.29, 1.82) is 0 Å². The SMILES string of the molecule is Cc1ccc2c(c1)CCCN2CCC(N)C(N)=O. The van der Waals surface area contributed by atoms with E-state index in [9.17, 15) is 4.79 Å². The maximum Gasteiger partial charge on any atom is 0.234 e. The van der Waals surface area contributed by atoms with E-state index in [1.807, 2.05) is 0 Å². The highest BCUT2D eigenvalue weighted by Gasteiger charge is 2.18. The largest absolute Gasteiger partial charge is 0.371 e. The van der Waals surface area contributed by atoms with Gasteiger partial charge in [-0.2, -0.15) is 0 Å². The van der Waals surface area contributed by atoms with E-state index in [0.717, 1.165) is 25.9 Å². The van der Waals surface area contributed by atoms with Crippen molar-refractivity contribution in [2.45, 2.75) is 32.2 Å². The Hall–Kier alpha value is -1.55. The van der Waals surface area contributed by atoms with E-state index in [2.05, 4.69) is 30.0 Å². The number of nitrogens with two attached hydrogens (primary N) is 2. The number of primary amides is 1. The first-order chi connectivity index (χ1) is 8.58. The van der Waals surface area contributed by atoms with Crippen LogP contribution in [0.2, 0.25) is 0 Å². The third-order valence-electron chi connectivity index (χ3n) is 3.53. The lowest BCUT2D eigenvalue weighted by Crippen LogP contribution is -2.40. The van der Waals surface area contributed by atoms with Gasteiger partial charge in [0.05, 0.1) is 6.04 Å². The Morgan fingerprint density at radius 2 is 2.28 bits per heavy atom. The molecule has 4 N–H and O–H groups in total. The van der Waals surface area contributed by atoms with Crippen LogP contribution in [-0.2, 0) is 11.2 Å². The molecule has 0 aliphatic carbocycles. The molecule has 1 amide bonds. The molecule has 0 saturated carbocycles. The molecular formula is C14H21N3O. The molecule has 18 heavy (non-hydrogen) atoms. The molecule has 1 aromatic carbocycles. The fourth-order valence-corrected chi connectivity index (χ4v) is 2.47. The second-order valence-corrected chi connectivity index (χ2v) is 5.02. The van der Waals surface area contributed by atoms with Gasteiger partial charge in [-0.15, -0.1) is 0 Å². The summed E-state index contributed by atoms with van der Waals surface area (Å²) in [6, 6.07) is 6.00. The number of fused-ring (bicyclic) bond motifs is 1. The van der Waals surface area contributed by atoms with Crippen LogP contribution in [0.25, 0.3) is 0 Å². The van der Waals surface area contributed by atoms with Gasteiger partial charge in [-0.05, 0) is 37.8 Å². The molecule has 0 fully saturated rings. The minimum Gasteiger partial charge on any atom is -0.371 e. The van der Waals surface area contributed by atoms with Crippen molar-refractivity contribution >= 4 is 11.6 Å². The molecule has 0 radical (unpaired) electrons. The lowest BCUT2D eigenvalue weighted by atomic mass is 9.99. The van der Waals surface area contributed by atoms with Crippen molar-refractivity contribution in [2.75, 3.05) is 18.0 Å². The molecule has 0 saturated heterocycles. The summed E-state index contributed by atoms with van der Waals surface area (Å²) in [5, 5.41) is 0. The lowest BCUT2D eigenvalue weighted by molar-refractivity contribution is -0.119. The van der Waals surface area contributed by atoms with Gasteiger partial charge in [-0.3, -0.25) is 4.79 Å². The number of hydrogen-bond donors (Lipinski definition) is 2. The monoisotopic (exact) mass is 247 g/mol. The Bertz CT molecular complexity index is 445. The fourth-order valence-electron chi connectivity index (χ4n) is 2.47. The summed E-state index contributed by atoms with van der Waals surface area (Å²) in [5.41, 5.74) is 14.8. The molecule has 1 atom stereocenters. The van der Waals surface area contributed by atoms with Gasteiger partial charge in [-0.1, -0.05) is 17.7 Å². The molecule has 1 aromatic rings. The predicted molar refractivity (Wildman–Crippen MR) is 73.5 cm³/mol. The number of benzene rings is 1. The van der Waals surface area contributed by atoms with E-state index in [0.29, 0.717) is 6.42 Å². The van der Waals surface area contributed by atoms with Gasteiger partial charge < -0.3 is 16.4 Å². The highest BCUT2D eigenvalue weighted by atomic mass is 16.1. The van der Waals surface area contributed by atoms with Crippen molar-refractivity contribution in [3.8, 4) is 0 Å². The first-order valence-corrected chi connectivity index (χ1v) is 6.47. The number of carbonyl (C=O) groups is 1. The molecule has 2 rings (SSSR count). The second-order valence-electron chi connectivity index (χ2n) is 5.02.